The number of likely N-dealkylation sites (N-methyl/N-ethyl adjacent to an activating group) is 1. The SMILES string of the molecule is CCC1CN(C(CN)c2cc(Br)ccc2Cl)CCN1C. The summed E-state index contributed by atoms with van der Waals surface area (Å²) < 4.78 is 1.05. The van der Waals surface area contributed by atoms with Crippen molar-refractivity contribution in [2.45, 2.75) is 25.4 Å². The summed E-state index contributed by atoms with van der Waals surface area (Å²) in [6.07, 6.45) is 1.16. The topological polar surface area (TPSA) is 32.5 Å². The molecule has 1 aromatic carbocycles. The molecule has 0 spiro atoms. The number of rotatable bonds is 4. The van der Waals surface area contributed by atoms with Gasteiger partial charge in [0.15, 0.2) is 0 Å². The minimum atomic E-state index is 0.197. The molecular formula is C15H23BrClN3. The van der Waals surface area contributed by atoms with Crippen LogP contribution in [0.3, 0.4) is 0 Å². The van der Waals surface area contributed by atoms with Gasteiger partial charge >= 0.3 is 0 Å². The fourth-order valence-electron chi connectivity index (χ4n) is 2.94. The van der Waals surface area contributed by atoms with Gasteiger partial charge in [-0.25, -0.2) is 0 Å². The molecular weight excluding hydrogens is 338 g/mol. The van der Waals surface area contributed by atoms with E-state index in [1.165, 1.54) is 0 Å². The van der Waals surface area contributed by atoms with Crippen molar-refractivity contribution in [3.05, 3.63) is 33.3 Å². The molecule has 1 fully saturated rings. The van der Waals surface area contributed by atoms with Gasteiger partial charge in [-0.15, -0.1) is 0 Å². The molecule has 0 aromatic heterocycles. The largest absolute Gasteiger partial charge is 0.329 e. The van der Waals surface area contributed by atoms with Crippen molar-refractivity contribution >= 4 is 27.5 Å². The highest BCUT2D eigenvalue weighted by atomic mass is 79.9. The first-order valence-electron chi connectivity index (χ1n) is 7.16. The number of hydrogen-bond acceptors (Lipinski definition) is 3. The van der Waals surface area contributed by atoms with Crippen molar-refractivity contribution in [2.24, 2.45) is 5.73 Å². The molecule has 0 aliphatic carbocycles. The summed E-state index contributed by atoms with van der Waals surface area (Å²) in [4.78, 5) is 4.91. The van der Waals surface area contributed by atoms with Crippen LogP contribution in [0.5, 0.6) is 0 Å². The summed E-state index contributed by atoms with van der Waals surface area (Å²) >= 11 is 9.90. The van der Waals surface area contributed by atoms with Gasteiger partial charge in [-0.1, -0.05) is 34.5 Å². The van der Waals surface area contributed by atoms with Gasteiger partial charge in [-0.05, 0) is 37.2 Å². The summed E-state index contributed by atoms with van der Waals surface area (Å²) in [5.74, 6) is 0. The lowest BCUT2D eigenvalue weighted by atomic mass is 10.0. The van der Waals surface area contributed by atoms with Crippen LogP contribution >= 0.6 is 27.5 Å². The van der Waals surface area contributed by atoms with Crippen LogP contribution in [0.1, 0.15) is 24.9 Å². The first-order chi connectivity index (χ1) is 9.56. The van der Waals surface area contributed by atoms with Crippen LogP contribution in [0, 0.1) is 0 Å². The fraction of sp³-hybridized carbons (Fsp3) is 0.600. The van der Waals surface area contributed by atoms with Gasteiger partial charge in [-0.3, -0.25) is 4.90 Å². The summed E-state index contributed by atoms with van der Waals surface area (Å²) in [7, 11) is 2.20. The molecule has 2 unspecified atom stereocenters. The van der Waals surface area contributed by atoms with Crippen LogP contribution in [0.2, 0.25) is 5.02 Å². The second-order valence-corrected chi connectivity index (χ2v) is 6.78. The van der Waals surface area contributed by atoms with Crippen LogP contribution in [-0.4, -0.2) is 49.1 Å². The van der Waals surface area contributed by atoms with Crippen LogP contribution < -0.4 is 5.73 Å². The number of halogens is 2. The van der Waals surface area contributed by atoms with Gasteiger partial charge in [0, 0.05) is 47.8 Å². The van der Waals surface area contributed by atoms with Crippen molar-refractivity contribution in [3.63, 3.8) is 0 Å². The lowest BCUT2D eigenvalue weighted by Gasteiger charge is -2.43. The zero-order valence-corrected chi connectivity index (χ0v) is 14.5. The number of nitrogens with zero attached hydrogens (tertiary/aromatic N) is 2. The predicted octanol–water partition coefficient (Wildman–Crippen LogP) is 3.13. The Balaban J connectivity index is 2.21. The van der Waals surface area contributed by atoms with Gasteiger partial charge < -0.3 is 10.6 Å². The van der Waals surface area contributed by atoms with Crippen molar-refractivity contribution in [1.29, 1.82) is 0 Å². The Hall–Kier alpha value is -0.130. The summed E-state index contributed by atoms with van der Waals surface area (Å²) in [6.45, 7) is 6.01. The van der Waals surface area contributed by atoms with Crippen molar-refractivity contribution in [1.82, 2.24) is 9.80 Å². The van der Waals surface area contributed by atoms with Crippen LogP contribution in [-0.2, 0) is 0 Å². The highest BCUT2D eigenvalue weighted by molar-refractivity contribution is 9.10. The fourth-order valence-corrected chi connectivity index (χ4v) is 3.56. The molecule has 20 heavy (non-hydrogen) atoms. The molecule has 2 atom stereocenters. The molecule has 5 heteroatoms. The minimum Gasteiger partial charge on any atom is -0.329 e. The van der Waals surface area contributed by atoms with Crippen molar-refractivity contribution in [3.8, 4) is 0 Å². The molecule has 1 aliphatic rings. The molecule has 1 heterocycles. The second kappa shape index (κ2) is 7.23. The summed E-state index contributed by atoms with van der Waals surface area (Å²) in [6, 6.07) is 6.81. The van der Waals surface area contributed by atoms with Crippen LogP contribution in [0.4, 0.5) is 0 Å². The maximum atomic E-state index is 6.37. The Kier molecular flexibility index (Phi) is 5.87. The van der Waals surface area contributed by atoms with E-state index >= 15 is 0 Å². The maximum Gasteiger partial charge on any atom is 0.0486 e. The summed E-state index contributed by atoms with van der Waals surface area (Å²) in [5.41, 5.74) is 7.17. The Morgan fingerprint density at radius 1 is 1.45 bits per heavy atom. The van der Waals surface area contributed by atoms with Crippen molar-refractivity contribution in [2.75, 3.05) is 33.2 Å². The highest BCUT2D eigenvalue weighted by Gasteiger charge is 2.29. The average molecular weight is 361 g/mol. The Bertz CT molecular complexity index is 455. The van der Waals surface area contributed by atoms with Crippen LogP contribution in [0.25, 0.3) is 0 Å². The molecule has 0 saturated carbocycles. The molecule has 1 aromatic rings. The third-order valence-electron chi connectivity index (χ3n) is 4.26. The first-order valence-corrected chi connectivity index (χ1v) is 8.33. The number of hydrogen-bond donors (Lipinski definition) is 1. The van der Waals surface area contributed by atoms with Crippen molar-refractivity contribution < 1.29 is 0 Å². The van der Waals surface area contributed by atoms with E-state index in [0.717, 1.165) is 41.1 Å². The monoisotopic (exact) mass is 359 g/mol. The average Bonchev–Trinajstić information content (AvgIpc) is 2.45. The number of piperazine rings is 1. The smallest absolute Gasteiger partial charge is 0.0486 e. The first kappa shape index (κ1) is 16.2. The standard InChI is InChI=1S/C15H23BrClN3/c1-3-12-10-20(7-6-19(12)2)15(9-18)13-8-11(16)4-5-14(13)17/h4-5,8,12,15H,3,6-7,9-10,18H2,1-2H3. The third kappa shape index (κ3) is 3.55. The van der Waals surface area contributed by atoms with E-state index in [0.29, 0.717) is 12.6 Å². The van der Waals surface area contributed by atoms with E-state index in [2.05, 4.69) is 45.8 Å². The molecule has 112 valence electrons. The van der Waals surface area contributed by atoms with Gasteiger partial charge in [-0.2, -0.15) is 0 Å². The molecule has 2 rings (SSSR count). The summed E-state index contributed by atoms with van der Waals surface area (Å²) in [5, 5.41) is 0.802. The lowest BCUT2D eigenvalue weighted by molar-refractivity contribution is 0.0644. The maximum absolute atomic E-state index is 6.37. The van der Waals surface area contributed by atoms with E-state index < -0.39 is 0 Å². The molecule has 0 radical (unpaired) electrons. The van der Waals surface area contributed by atoms with Gasteiger partial charge in [0.2, 0.25) is 0 Å². The van der Waals surface area contributed by atoms with Gasteiger partial charge in [0.25, 0.3) is 0 Å². The molecule has 3 nitrogen and oxygen atoms in total. The van der Waals surface area contributed by atoms with Gasteiger partial charge in [0.1, 0.15) is 0 Å². The zero-order chi connectivity index (χ0) is 14.7. The Labute approximate surface area is 135 Å². The zero-order valence-electron chi connectivity index (χ0n) is 12.1. The van der Waals surface area contributed by atoms with Crippen LogP contribution in [0.15, 0.2) is 22.7 Å². The van der Waals surface area contributed by atoms with Gasteiger partial charge in [0.05, 0.1) is 0 Å². The molecule has 0 bridgehead atoms. The normalized spacial score (nSPS) is 22.9. The quantitative estimate of drug-likeness (QED) is 0.895. The number of nitrogens with two attached hydrogens (primary N) is 1. The van der Waals surface area contributed by atoms with E-state index in [1.54, 1.807) is 0 Å². The Morgan fingerprint density at radius 2 is 2.20 bits per heavy atom. The highest BCUT2D eigenvalue weighted by Crippen LogP contribution is 2.31. The lowest BCUT2D eigenvalue weighted by Crippen LogP contribution is -2.53. The molecule has 1 aliphatic heterocycles. The molecule has 2 N–H and O–H groups in total. The number of benzene rings is 1. The Morgan fingerprint density at radius 3 is 2.85 bits per heavy atom. The minimum absolute atomic E-state index is 0.197. The molecule has 0 amide bonds. The van der Waals surface area contributed by atoms with E-state index in [9.17, 15) is 0 Å². The van der Waals surface area contributed by atoms with E-state index in [-0.39, 0.29) is 6.04 Å². The van der Waals surface area contributed by atoms with E-state index in [4.69, 9.17) is 17.3 Å². The molecule has 1 saturated heterocycles. The third-order valence-corrected chi connectivity index (χ3v) is 5.10. The predicted molar refractivity (Wildman–Crippen MR) is 89.2 cm³/mol. The second-order valence-electron chi connectivity index (χ2n) is 5.45. The van der Waals surface area contributed by atoms with E-state index in [1.807, 2.05) is 12.1 Å².